The van der Waals surface area contributed by atoms with E-state index in [1.165, 1.54) is 5.57 Å². The maximum absolute atomic E-state index is 10.5. The minimum atomic E-state index is 0.401. The largest absolute Gasteiger partial charge is 0.398 e. The number of hydrogen-bond acceptors (Lipinski definition) is 4. The highest BCUT2D eigenvalue weighted by molar-refractivity contribution is 5.76. The Labute approximate surface area is 113 Å². The van der Waals surface area contributed by atoms with E-state index in [0.717, 1.165) is 42.6 Å². The SMILES string of the molecule is N#CCc1ccc(N)c(C2=CCN(CC=O)CC2)c1. The van der Waals surface area contributed by atoms with Gasteiger partial charge in [0.1, 0.15) is 6.29 Å². The second-order valence-corrected chi connectivity index (χ2v) is 4.66. The molecule has 98 valence electrons. The summed E-state index contributed by atoms with van der Waals surface area (Å²) in [5.74, 6) is 0. The number of nitrogens with two attached hydrogens (primary N) is 1. The molecule has 0 radical (unpaired) electrons. The normalized spacial score (nSPS) is 15.6. The third-order valence-electron chi connectivity index (χ3n) is 3.37. The lowest BCUT2D eigenvalue weighted by molar-refractivity contribution is -0.108. The molecule has 0 atom stereocenters. The van der Waals surface area contributed by atoms with E-state index in [1.807, 2.05) is 18.2 Å². The molecule has 0 unspecified atom stereocenters. The van der Waals surface area contributed by atoms with E-state index < -0.39 is 0 Å². The average Bonchev–Trinajstić information content (AvgIpc) is 2.43. The number of nitrogens with zero attached hydrogens (tertiary/aromatic N) is 2. The lowest BCUT2D eigenvalue weighted by Crippen LogP contribution is -2.30. The molecule has 1 heterocycles. The summed E-state index contributed by atoms with van der Waals surface area (Å²) in [6, 6.07) is 7.90. The highest BCUT2D eigenvalue weighted by Gasteiger charge is 2.14. The number of nitrogen functional groups attached to an aromatic ring is 1. The minimum absolute atomic E-state index is 0.401. The maximum atomic E-state index is 10.5. The van der Waals surface area contributed by atoms with Gasteiger partial charge in [-0.1, -0.05) is 12.1 Å². The molecule has 4 nitrogen and oxygen atoms in total. The standard InChI is InChI=1S/C15H17N3O/c16-6-3-12-1-2-15(17)14(11-12)13-4-7-18(8-5-13)9-10-19/h1-2,4,10-11H,3,5,7-9,17H2. The van der Waals surface area contributed by atoms with Crippen molar-refractivity contribution in [2.75, 3.05) is 25.4 Å². The molecule has 0 aliphatic carbocycles. The molecule has 0 fully saturated rings. The van der Waals surface area contributed by atoms with Crippen molar-refractivity contribution >= 4 is 17.5 Å². The van der Waals surface area contributed by atoms with Crippen LogP contribution in [0.4, 0.5) is 5.69 Å². The van der Waals surface area contributed by atoms with E-state index in [2.05, 4.69) is 17.0 Å². The summed E-state index contributed by atoms with van der Waals surface area (Å²) in [6.45, 7) is 2.12. The Morgan fingerprint density at radius 2 is 2.32 bits per heavy atom. The summed E-state index contributed by atoms with van der Waals surface area (Å²) in [5, 5.41) is 8.75. The van der Waals surface area contributed by atoms with E-state index in [9.17, 15) is 4.79 Å². The molecule has 0 amide bonds. The molecule has 0 spiro atoms. The van der Waals surface area contributed by atoms with E-state index in [-0.39, 0.29) is 0 Å². The molecule has 0 bridgehead atoms. The fourth-order valence-electron chi connectivity index (χ4n) is 2.31. The quantitative estimate of drug-likeness (QED) is 0.655. The van der Waals surface area contributed by atoms with E-state index in [4.69, 9.17) is 11.0 Å². The molecule has 1 aromatic carbocycles. The molecule has 1 aliphatic heterocycles. The number of nitriles is 1. The Balaban J connectivity index is 2.20. The van der Waals surface area contributed by atoms with Gasteiger partial charge in [-0.2, -0.15) is 5.26 Å². The molecule has 19 heavy (non-hydrogen) atoms. The highest BCUT2D eigenvalue weighted by atomic mass is 16.1. The minimum Gasteiger partial charge on any atom is -0.398 e. The molecule has 0 saturated carbocycles. The van der Waals surface area contributed by atoms with Crippen LogP contribution in [0, 0.1) is 11.3 Å². The number of anilines is 1. The van der Waals surface area contributed by atoms with Gasteiger partial charge in [-0.3, -0.25) is 4.90 Å². The van der Waals surface area contributed by atoms with Crippen LogP contribution in [0.3, 0.4) is 0 Å². The summed E-state index contributed by atoms with van der Waals surface area (Å²) in [6.07, 6.45) is 4.33. The first-order valence-electron chi connectivity index (χ1n) is 6.35. The van der Waals surface area contributed by atoms with Crippen molar-refractivity contribution in [1.82, 2.24) is 4.90 Å². The number of benzene rings is 1. The fourth-order valence-corrected chi connectivity index (χ4v) is 2.31. The first kappa shape index (κ1) is 13.3. The van der Waals surface area contributed by atoms with Crippen LogP contribution in [0.15, 0.2) is 24.3 Å². The van der Waals surface area contributed by atoms with Gasteiger partial charge in [0.25, 0.3) is 0 Å². The average molecular weight is 255 g/mol. The van der Waals surface area contributed by atoms with Gasteiger partial charge in [-0.25, -0.2) is 0 Å². The van der Waals surface area contributed by atoms with Crippen LogP contribution in [0.1, 0.15) is 17.5 Å². The molecule has 0 saturated heterocycles. The van der Waals surface area contributed by atoms with Crippen molar-refractivity contribution < 1.29 is 4.79 Å². The summed E-state index contributed by atoms with van der Waals surface area (Å²) in [4.78, 5) is 12.6. The molecule has 0 aromatic heterocycles. The predicted octanol–water partition coefficient (Wildman–Crippen LogP) is 1.62. The van der Waals surface area contributed by atoms with Gasteiger partial charge in [-0.15, -0.1) is 0 Å². The van der Waals surface area contributed by atoms with Crippen LogP contribution in [0.5, 0.6) is 0 Å². The Bertz CT molecular complexity index is 543. The number of carbonyl (C=O) groups is 1. The van der Waals surface area contributed by atoms with Gasteiger partial charge in [0.15, 0.2) is 0 Å². The van der Waals surface area contributed by atoms with Crippen LogP contribution in [-0.2, 0) is 11.2 Å². The zero-order valence-electron chi connectivity index (χ0n) is 10.8. The van der Waals surface area contributed by atoms with Gasteiger partial charge in [0.2, 0.25) is 0 Å². The van der Waals surface area contributed by atoms with Crippen LogP contribution in [0.2, 0.25) is 0 Å². The summed E-state index contributed by atoms with van der Waals surface area (Å²) < 4.78 is 0. The zero-order chi connectivity index (χ0) is 13.7. The Morgan fingerprint density at radius 1 is 1.47 bits per heavy atom. The molecule has 4 heteroatoms. The lowest BCUT2D eigenvalue weighted by Gasteiger charge is -2.25. The predicted molar refractivity (Wildman–Crippen MR) is 75.3 cm³/mol. The third kappa shape index (κ3) is 3.21. The van der Waals surface area contributed by atoms with Gasteiger partial charge >= 0.3 is 0 Å². The van der Waals surface area contributed by atoms with E-state index in [1.54, 1.807) is 0 Å². The van der Waals surface area contributed by atoms with Crippen molar-refractivity contribution in [1.29, 1.82) is 5.26 Å². The lowest BCUT2D eigenvalue weighted by atomic mass is 9.95. The zero-order valence-corrected chi connectivity index (χ0v) is 10.8. The van der Waals surface area contributed by atoms with Crippen molar-refractivity contribution in [2.24, 2.45) is 0 Å². The first-order chi connectivity index (χ1) is 9.24. The number of carbonyl (C=O) groups excluding carboxylic acids is 1. The number of rotatable bonds is 4. The summed E-state index contributed by atoms with van der Waals surface area (Å²) in [7, 11) is 0. The Hall–Kier alpha value is -2.12. The van der Waals surface area contributed by atoms with Crippen LogP contribution in [-0.4, -0.2) is 30.8 Å². The monoisotopic (exact) mass is 255 g/mol. The second kappa shape index (κ2) is 6.17. The van der Waals surface area contributed by atoms with Crippen molar-refractivity contribution in [3.63, 3.8) is 0 Å². The topological polar surface area (TPSA) is 70.1 Å². The molecule has 2 N–H and O–H groups in total. The van der Waals surface area contributed by atoms with Crippen LogP contribution >= 0.6 is 0 Å². The Kier molecular flexibility index (Phi) is 4.32. The fraction of sp³-hybridized carbons (Fsp3) is 0.333. The molecule has 1 aromatic rings. The number of hydrogen-bond donors (Lipinski definition) is 1. The van der Waals surface area contributed by atoms with Gasteiger partial charge in [0, 0.05) is 24.3 Å². The second-order valence-electron chi connectivity index (χ2n) is 4.66. The molecule has 1 aliphatic rings. The molecular weight excluding hydrogens is 238 g/mol. The summed E-state index contributed by atoms with van der Waals surface area (Å²) in [5.41, 5.74) is 9.99. The highest BCUT2D eigenvalue weighted by Crippen LogP contribution is 2.28. The maximum Gasteiger partial charge on any atom is 0.133 e. The van der Waals surface area contributed by atoms with Crippen molar-refractivity contribution in [3.8, 4) is 6.07 Å². The van der Waals surface area contributed by atoms with Crippen LogP contribution < -0.4 is 5.73 Å². The molecular formula is C15H17N3O. The van der Waals surface area contributed by atoms with E-state index in [0.29, 0.717) is 13.0 Å². The third-order valence-corrected chi connectivity index (χ3v) is 3.37. The smallest absolute Gasteiger partial charge is 0.133 e. The van der Waals surface area contributed by atoms with Crippen molar-refractivity contribution in [3.05, 3.63) is 35.4 Å². The van der Waals surface area contributed by atoms with Crippen molar-refractivity contribution in [2.45, 2.75) is 12.8 Å². The summed E-state index contributed by atoms with van der Waals surface area (Å²) >= 11 is 0. The first-order valence-corrected chi connectivity index (χ1v) is 6.35. The Morgan fingerprint density at radius 3 is 2.95 bits per heavy atom. The van der Waals surface area contributed by atoms with Gasteiger partial charge in [0.05, 0.1) is 19.0 Å². The molecule has 2 rings (SSSR count). The van der Waals surface area contributed by atoms with Crippen LogP contribution in [0.25, 0.3) is 5.57 Å². The number of aldehydes is 1. The van der Waals surface area contributed by atoms with Gasteiger partial charge < -0.3 is 10.5 Å². The van der Waals surface area contributed by atoms with Gasteiger partial charge in [-0.05, 0) is 29.7 Å². The van der Waals surface area contributed by atoms with E-state index >= 15 is 0 Å².